The Kier molecular flexibility index (Phi) is 3.92. The van der Waals surface area contributed by atoms with Crippen LogP contribution in [0, 0.1) is 0 Å². The molecule has 1 aromatic heterocycles. The van der Waals surface area contributed by atoms with Crippen LogP contribution in [0.4, 0.5) is 5.69 Å². The molecule has 0 bridgehead atoms. The number of benzene rings is 1. The zero-order valence-corrected chi connectivity index (χ0v) is 11.6. The minimum Gasteiger partial charge on any atom is -0.468 e. The van der Waals surface area contributed by atoms with Gasteiger partial charge in [-0.25, -0.2) is 13.1 Å². The van der Waals surface area contributed by atoms with Crippen molar-refractivity contribution >= 4 is 15.7 Å². The summed E-state index contributed by atoms with van der Waals surface area (Å²) in [6.07, 6.45) is 1.52. The Labute approximate surface area is 112 Å². The molecule has 1 atom stereocenters. The predicted octanol–water partition coefficient (Wildman–Crippen LogP) is 2.36. The number of hydrogen-bond acceptors (Lipinski definition) is 4. The number of rotatable bonds is 5. The molecule has 0 saturated carbocycles. The maximum absolute atomic E-state index is 12.3. The molecule has 6 heteroatoms. The van der Waals surface area contributed by atoms with Gasteiger partial charge >= 0.3 is 0 Å². The van der Waals surface area contributed by atoms with Gasteiger partial charge in [-0.05, 0) is 31.2 Å². The fraction of sp³-hybridized carbons (Fsp3) is 0.231. The molecule has 2 aromatic rings. The van der Waals surface area contributed by atoms with Crippen LogP contribution in [0.15, 0.2) is 52.0 Å². The molecular weight excluding hydrogens is 264 g/mol. The van der Waals surface area contributed by atoms with Gasteiger partial charge in [-0.2, -0.15) is 0 Å². The average Bonchev–Trinajstić information content (AvgIpc) is 2.92. The third-order valence-electron chi connectivity index (χ3n) is 2.75. The van der Waals surface area contributed by atoms with Crippen molar-refractivity contribution in [1.29, 1.82) is 0 Å². The number of para-hydroxylation sites is 1. The summed E-state index contributed by atoms with van der Waals surface area (Å²) >= 11 is 0. The summed E-state index contributed by atoms with van der Waals surface area (Å²) in [6, 6.07) is 9.77. The Morgan fingerprint density at radius 2 is 1.89 bits per heavy atom. The van der Waals surface area contributed by atoms with Crippen LogP contribution in [0.2, 0.25) is 0 Å². The minimum atomic E-state index is -3.60. The highest BCUT2D eigenvalue weighted by molar-refractivity contribution is 7.89. The molecule has 0 aliphatic carbocycles. The molecule has 1 unspecified atom stereocenters. The molecule has 5 nitrogen and oxygen atoms in total. The van der Waals surface area contributed by atoms with Gasteiger partial charge in [-0.1, -0.05) is 12.1 Å². The number of nitrogens with one attached hydrogen (secondary N) is 2. The molecular formula is C13H16N2O3S. The maximum Gasteiger partial charge on any atom is 0.243 e. The highest BCUT2D eigenvalue weighted by Crippen LogP contribution is 2.22. The van der Waals surface area contributed by atoms with Crippen LogP contribution in [-0.4, -0.2) is 15.5 Å². The lowest BCUT2D eigenvalue weighted by Crippen LogP contribution is -2.27. The van der Waals surface area contributed by atoms with Gasteiger partial charge in [0.25, 0.3) is 0 Å². The Balaban J connectivity index is 2.28. The normalized spacial score (nSPS) is 13.2. The summed E-state index contributed by atoms with van der Waals surface area (Å²) in [6.45, 7) is 1.73. The molecule has 0 saturated heterocycles. The van der Waals surface area contributed by atoms with Gasteiger partial charge in [0.2, 0.25) is 10.0 Å². The molecule has 0 radical (unpaired) electrons. The summed E-state index contributed by atoms with van der Waals surface area (Å²) in [7, 11) is -1.92. The van der Waals surface area contributed by atoms with Crippen molar-refractivity contribution in [3.05, 3.63) is 48.4 Å². The SMILES string of the molecule is CNc1ccccc1S(=O)(=O)NC(C)c1ccco1. The third kappa shape index (κ3) is 2.97. The van der Waals surface area contributed by atoms with E-state index in [1.165, 1.54) is 6.26 Å². The average molecular weight is 280 g/mol. The monoisotopic (exact) mass is 280 g/mol. The standard InChI is InChI=1S/C13H16N2O3S/c1-10(12-7-5-9-18-12)15-19(16,17)13-8-4-3-6-11(13)14-2/h3-10,14-15H,1-2H3. The first-order valence-corrected chi connectivity index (χ1v) is 7.35. The van der Waals surface area contributed by atoms with Crippen molar-refractivity contribution in [2.24, 2.45) is 0 Å². The summed E-state index contributed by atoms with van der Waals surface area (Å²) in [5.74, 6) is 0.575. The van der Waals surface area contributed by atoms with E-state index in [-0.39, 0.29) is 4.90 Å². The second-order valence-electron chi connectivity index (χ2n) is 4.10. The molecule has 102 valence electrons. The summed E-state index contributed by atoms with van der Waals surface area (Å²) in [5.41, 5.74) is 0.557. The maximum atomic E-state index is 12.3. The number of furan rings is 1. The van der Waals surface area contributed by atoms with Crippen molar-refractivity contribution < 1.29 is 12.8 Å². The first-order valence-electron chi connectivity index (χ1n) is 5.87. The van der Waals surface area contributed by atoms with E-state index in [1.54, 1.807) is 50.4 Å². The van der Waals surface area contributed by atoms with E-state index < -0.39 is 16.1 Å². The Bertz CT molecular complexity index is 636. The van der Waals surface area contributed by atoms with Gasteiger partial charge in [0.05, 0.1) is 18.0 Å². The highest BCUT2D eigenvalue weighted by atomic mass is 32.2. The Morgan fingerprint density at radius 1 is 1.16 bits per heavy atom. The second-order valence-corrected chi connectivity index (χ2v) is 5.79. The predicted molar refractivity (Wildman–Crippen MR) is 73.4 cm³/mol. The van der Waals surface area contributed by atoms with Gasteiger partial charge in [0, 0.05) is 7.05 Å². The lowest BCUT2D eigenvalue weighted by atomic mass is 10.3. The second kappa shape index (κ2) is 5.46. The van der Waals surface area contributed by atoms with Crippen molar-refractivity contribution in [2.45, 2.75) is 17.9 Å². The number of hydrogen-bond donors (Lipinski definition) is 2. The third-order valence-corrected chi connectivity index (χ3v) is 4.35. The van der Waals surface area contributed by atoms with Gasteiger partial charge in [-0.15, -0.1) is 0 Å². The molecule has 19 heavy (non-hydrogen) atoms. The fourth-order valence-corrected chi connectivity index (χ4v) is 3.23. The molecule has 0 amide bonds. The van der Waals surface area contributed by atoms with Crippen LogP contribution in [-0.2, 0) is 10.0 Å². The van der Waals surface area contributed by atoms with Crippen LogP contribution in [0.25, 0.3) is 0 Å². The van der Waals surface area contributed by atoms with Crippen LogP contribution in [0.1, 0.15) is 18.7 Å². The van der Waals surface area contributed by atoms with Gasteiger partial charge in [-0.3, -0.25) is 0 Å². The van der Waals surface area contributed by atoms with E-state index in [0.29, 0.717) is 11.4 Å². The lowest BCUT2D eigenvalue weighted by Gasteiger charge is -2.14. The molecule has 2 N–H and O–H groups in total. The molecule has 1 aromatic carbocycles. The van der Waals surface area contributed by atoms with Crippen LogP contribution in [0.3, 0.4) is 0 Å². The van der Waals surface area contributed by atoms with E-state index in [0.717, 1.165) is 0 Å². The quantitative estimate of drug-likeness (QED) is 0.882. The van der Waals surface area contributed by atoms with Gasteiger partial charge in [0.15, 0.2) is 0 Å². The fourth-order valence-electron chi connectivity index (χ4n) is 1.80. The first kappa shape index (κ1) is 13.6. The summed E-state index contributed by atoms with van der Waals surface area (Å²) in [5, 5.41) is 2.87. The first-order chi connectivity index (χ1) is 9.04. The van der Waals surface area contributed by atoms with E-state index in [9.17, 15) is 8.42 Å². The Hall–Kier alpha value is -1.79. The summed E-state index contributed by atoms with van der Waals surface area (Å²) < 4.78 is 32.4. The smallest absolute Gasteiger partial charge is 0.243 e. The Morgan fingerprint density at radius 3 is 2.53 bits per heavy atom. The molecule has 0 aliphatic rings. The topological polar surface area (TPSA) is 71.3 Å². The minimum absolute atomic E-state index is 0.218. The van der Waals surface area contributed by atoms with E-state index in [1.807, 2.05) is 0 Å². The van der Waals surface area contributed by atoms with Crippen molar-refractivity contribution in [3.63, 3.8) is 0 Å². The van der Waals surface area contributed by atoms with E-state index >= 15 is 0 Å². The van der Waals surface area contributed by atoms with Crippen molar-refractivity contribution in [3.8, 4) is 0 Å². The molecule has 1 heterocycles. The zero-order chi connectivity index (χ0) is 13.9. The lowest BCUT2D eigenvalue weighted by molar-refractivity contribution is 0.459. The molecule has 2 rings (SSSR count). The van der Waals surface area contributed by atoms with Crippen molar-refractivity contribution in [2.75, 3.05) is 12.4 Å². The van der Waals surface area contributed by atoms with Crippen LogP contribution < -0.4 is 10.0 Å². The van der Waals surface area contributed by atoms with Crippen LogP contribution >= 0.6 is 0 Å². The van der Waals surface area contributed by atoms with E-state index in [2.05, 4.69) is 10.0 Å². The van der Waals surface area contributed by atoms with Crippen LogP contribution in [0.5, 0.6) is 0 Å². The number of sulfonamides is 1. The molecule has 0 aliphatic heterocycles. The highest BCUT2D eigenvalue weighted by Gasteiger charge is 2.22. The largest absolute Gasteiger partial charge is 0.468 e. The van der Waals surface area contributed by atoms with E-state index in [4.69, 9.17) is 4.42 Å². The zero-order valence-electron chi connectivity index (χ0n) is 10.8. The van der Waals surface area contributed by atoms with Gasteiger partial charge < -0.3 is 9.73 Å². The number of anilines is 1. The molecule has 0 fully saturated rings. The van der Waals surface area contributed by atoms with Crippen molar-refractivity contribution in [1.82, 2.24) is 4.72 Å². The van der Waals surface area contributed by atoms with Gasteiger partial charge in [0.1, 0.15) is 10.7 Å². The summed E-state index contributed by atoms with van der Waals surface area (Å²) in [4.78, 5) is 0.218. The molecule has 0 spiro atoms.